The summed E-state index contributed by atoms with van der Waals surface area (Å²) in [6.07, 6.45) is 0. The first kappa shape index (κ1) is 20.0. The van der Waals surface area contributed by atoms with Gasteiger partial charge in [0.25, 0.3) is 5.91 Å². The van der Waals surface area contributed by atoms with Crippen LogP contribution in [0.5, 0.6) is 5.75 Å². The number of anilines is 1. The molecule has 0 bridgehead atoms. The van der Waals surface area contributed by atoms with Gasteiger partial charge in [-0.1, -0.05) is 72.8 Å². The summed E-state index contributed by atoms with van der Waals surface area (Å²) in [5, 5.41) is 7.25. The molecule has 1 N–H and O–H groups in total. The molecule has 0 unspecified atom stereocenters. The molecule has 0 aliphatic rings. The van der Waals surface area contributed by atoms with E-state index < -0.39 is 0 Å². The molecule has 5 nitrogen and oxygen atoms in total. The number of fused-ring (bicyclic) bond motifs is 4. The zero-order chi connectivity index (χ0) is 22.9. The van der Waals surface area contributed by atoms with E-state index in [1.54, 1.807) is 0 Å². The van der Waals surface area contributed by atoms with Gasteiger partial charge in [-0.3, -0.25) is 4.79 Å². The summed E-state index contributed by atoms with van der Waals surface area (Å²) in [4.78, 5) is 17.4. The van der Waals surface area contributed by atoms with Crippen LogP contribution in [0.1, 0.15) is 0 Å². The number of rotatable bonds is 5. The van der Waals surface area contributed by atoms with Gasteiger partial charge in [-0.15, -0.1) is 0 Å². The molecule has 0 aliphatic heterocycles. The van der Waals surface area contributed by atoms with Crippen molar-refractivity contribution in [2.75, 3.05) is 11.9 Å². The highest BCUT2D eigenvalue weighted by molar-refractivity contribution is 6.04. The maximum atomic E-state index is 12.7. The predicted octanol–water partition coefficient (Wildman–Crippen LogP) is 6.82. The fourth-order valence-electron chi connectivity index (χ4n) is 4.15. The first-order valence-corrected chi connectivity index (χ1v) is 11.0. The van der Waals surface area contributed by atoms with Gasteiger partial charge in [0.15, 0.2) is 12.2 Å². The topological polar surface area (TPSA) is 64.4 Å². The van der Waals surface area contributed by atoms with Crippen LogP contribution in [0.25, 0.3) is 44.1 Å². The van der Waals surface area contributed by atoms with Crippen LogP contribution in [-0.4, -0.2) is 17.5 Å². The van der Waals surface area contributed by atoms with Gasteiger partial charge in [0.2, 0.25) is 5.89 Å². The van der Waals surface area contributed by atoms with Crippen LogP contribution < -0.4 is 10.1 Å². The molecule has 0 spiro atoms. The smallest absolute Gasteiger partial charge is 0.262 e. The van der Waals surface area contributed by atoms with E-state index in [9.17, 15) is 4.79 Å². The summed E-state index contributed by atoms with van der Waals surface area (Å²) in [7, 11) is 0. The van der Waals surface area contributed by atoms with Gasteiger partial charge < -0.3 is 14.5 Å². The molecule has 1 heterocycles. The van der Waals surface area contributed by atoms with Crippen molar-refractivity contribution in [3.8, 4) is 17.2 Å². The Morgan fingerprint density at radius 2 is 1.53 bits per heavy atom. The minimum absolute atomic E-state index is 0.106. The molecule has 0 atom stereocenters. The molecule has 1 aromatic heterocycles. The lowest BCUT2D eigenvalue weighted by molar-refractivity contribution is -0.118. The third kappa shape index (κ3) is 3.73. The standard InChI is InChI=1S/C29H20N2O3/c32-27(18-33-22-15-13-19-7-1-2-9-21(19)17-22)30-25-12-6-5-11-24(25)29-31-28-23-10-4-3-8-20(23)14-16-26(28)34-29/h1-17H,18H2,(H,30,32). The van der Waals surface area contributed by atoms with Gasteiger partial charge >= 0.3 is 0 Å². The van der Waals surface area contributed by atoms with Crippen LogP contribution in [0.15, 0.2) is 108 Å². The molecule has 5 heteroatoms. The molecule has 5 aromatic carbocycles. The van der Waals surface area contributed by atoms with E-state index in [0.717, 1.165) is 27.1 Å². The van der Waals surface area contributed by atoms with Crippen molar-refractivity contribution in [1.82, 2.24) is 4.98 Å². The molecule has 6 rings (SSSR count). The highest BCUT2D eigenvalue weighted by atomic mass is 16.5. The highest BCUT2D eigenvalue weighted by Crippen LogP contribution is 2.33. The van der Waals surface area contributed by atoms with E-state index in [1.165, 1.54) is 0 Å². The normalized spacial score (nSPS) is 11.2. The second kappa shape index (κ2) is 8.37. The Hall–Kier alpha value is -4.64. The lowest BCUT2D eigenvalue weighted by Gasteiger charge is -2.10. The summed E-state index contributed by atoms with van der Waals surface area (Å²) in [6.45, 7) is -0.106. The Morgan fingerprint density at radius 3 is 2.44 bits per heavy atom. The number of hydrogen-bond donors (Lipinski definition) is 1. The van der Waals surface area contributed by atoms with Gasteiger partial charge in [0.05, 0.1) is 11.3 Å². The van der Waals surface area contributed by atoms with Crippen LogP contribution >= 0.6 is 0 Å². The Bertz CT molecular complexity index is 1670. The lowest BCUT2D eigenvalue weighted by atomic mass is 10.1. The van der Waals surface area contributed by atoms with E-state index in [0.29, 0.717) is 28.5 Å². The van der Waals surface area contributed by atoms with Crippen LogP contribution in [0.3, 0.4) is 0 Å². The first-order chi connectivity index (χ1) is 16.7. The maximum Gasteiger partial charge on any atom is 0.262 e. The maximum absolute atomic E-state index is 12.7. The second-order valence-electron chi connectivity index (χ2n) is 8.04. The SMILES string of the molecule is O=C(COc1ccc2ccccc2c1)Nc1ccccc1-c1nc2c(ccc3ccccc32)o1. The number of aromatic nitrogens is 1. The summed E-state index contributed by atoms with van der Waals surface area (Å²) in [5.74, 6) is 0.841. The average Bonchev–Trinajstić information content (AvgIpc) is 3.32. The number of amides is 1. The third-order valence-corrected chi connectivity index (χ3v) is 5.81. The van der Waals surface area contributed by atoms with Crippen LogP contribution in [0, 0.1) is 0 Å². The molecule has 0 saturated carbocycles. The number of para-hydroxylation sites is 1. The van der Waals surface area contributed by atoms with Crippen molar-refractivity contribution < 1.29 is 13.9 Å². The number of oxazole rings is 1. The molecule has 164 valence electrons. The molecular weight excluding hydrogens is 424 g/mol. The quantitative estimate of drug-likeness (QED) is 0.317. The van der Waals surface area contributed by atoms with E-state index in [2.05, 4.69) is 5.32 Å². The number of benzene rings is 5. The fourth-order valence-corrected chi connectivity index (χ4v) is 4.15. The number of ether oxygens (including phenoxy) is 1. The van der Waals surface area contributed by atoms with E-state index in [4.69, 9.17) is 14.1 Å². The fraction of sp³-hybridized carbons (Fsp3) is 0.0345. The van der Waals surface area contributed by atoms with Crippen molar-refractivity contribution in [2.45, 2.75) is 0 Å². The second-order valence-corrected chi connectivity index (χ2v) is 8.04. The van der Waals surface area contributed by atoms with Gasteiger partial charge in [0.1, 0.15) is 11.3 Å². The zero-order valence-corrected chi connectivity index (χ0v) is 18.2. The largest absolute Gasteiger partial charge is 0.484 e. The summed E-state index contributed by atoms with van der Waals surface area (Å²) >= 11 is 0. The Morgan fingerprint density at radius 1 is 0.794 bits per heavy atom. The molecule has 1 amide bonds. The summed E-state index contributed by atoms with van der Waals surface area (Å²) in [6, 6.07) is 33.3. The lowest BCUT2D eigenvalue weighted by Crippen LogP contribution is -2.20. The number of nitrogens with zero attached hydrogens (tertiary/aromatic N) is 1. The third-order valence-electron chi connectivity index (χ3n) is 5.81. The molecule has 0 radical (unpaired) electrons. The van der Waals surface area contributed by atoms with E-state index in [1.807, 2.05) is 103 Å². The number of hydrogen-bond acceptors (Lipinski definition) is 4. The van der Waals surface area contributed by atoms with Gasteiger partial charge in [0, 0.05) is 5.39 Å². The molecule has 34 heavy (non-hydrogen) atoms. The van der Waals surface area contributed by atoms with Gasteiger partial charge in [-0.05, 0) is 46.5 Å². The first-order valence-electron chi connectivity index (χ1n) is 11.0. The summed E-state index contributed by atoms with van der Waals surface area (Å²) < 4.78 is 11.8. The average molecular weight is 444 g/mol. The van der Waals surface area contributed by atoms with Crippen LogP contribution in [-0.2, 0) is 4.79 Å². The van der Waals surface area contributed by atoms with Crippen molar-refractivity contribution in [3.05, 3.63) is 103 Å². The Balaban J connectivity index is 1.24. The zero-order valence-electron chi connectivity index (χ0n) is 18.2. The van der Waals surface area contributed by atoms with Gasteiger partial charge in [-0.2, -0.15) is 0 Å². The molecule has 0 saturated heterocycles. The molecule has 0 aliphatic carbocycles. The van der Waals surface area contributed by atoms with E-state index in [-0.39, 0.29) is 12.5 Å². The highest BCUT2D eigenvalue weighted by Gasteiger charge is 2.15. The number of carbonyl (C=O) groups is 1. The van der Waals surface area contributed by atoms with Gasteiger partial charge in [-0.25, -0.2) is 4.98 Å². The molecular formula is C29H20N2O3. The van der Waals surface area contributed by atoms with E-state index >= 15 is 0 Å². The van der Waals surface area contributed by atoms with Crippen molar-refractivity contribution in [3.63, 3.8) is 0 Å². The summed E-state index contributed by atoms with van der Waals surface area (Å²) in [5.41, 5.74) is 2.83. The van der Waals surface area contributed by atoms with Crippen molar-refractivity contribution >= 4 is 44.2 Å². The van der Waals surface area contributed by atoms with Crippen molar-refractivity contribution in [2.24, 2.45) is 0 Å². The Labute approximate surface area is 195 Å². The number of carbonyl (C=O) groups excluding carboxylic acids is 1. The van der Waals surface area contributed by atoms with Crippen molar-refractivity contribution in [1.29, 1.82) is 0 Å². The monoisotopic (exact) mass is 444 g/mol. The molecule has 6 aromatic rings. The Kier molecular flexibility index (Phi) is 4.92. The minimum atomic E-state index is -0.262. The van der Waals surface area contributed by atoms with Crippen LogP contribution in [0.4, 0.5) is 5.69 Å². The molecule has 0 fully saturated rings. The minimum Gasteiger partial charge on any atom is -0.484 e. The predicted molar refractivity (Wildman–Crippen MR) is 135 cm³/mol. The van der Waals surface area contributed by atoms with Crippen LogP contribution in [0.2, 0.25) is 0 Å². The number of nitrogens with one attached hydrogen (secondary N) is 1.